The van der Waals surface area contributed by atoms with Gasteiger partial charge in [-0.2, -0.15) is 4.99 Å². The lowest BCUT2D eigenvalue weighted by molar-refractivity contribution is 0.100. The number of rotatable bonds is 2. The van der Waals surface area contributed by atoms with E-state index >= 15 is 0 Å². The maximum atomic E-state index is 12.1. The maximum Gasteiger partial charge on any atom is 0.290 e. The standard InChI is InChI=1S/C12H12N2OS2/c1-14-5-7-17-12(14)13-11(15)10-9(4-6-16-10)8-2-3-8/h4-8H,2-3H2,1H3. The number of hydrogen-bond acceptors (Lipinski definition) is 3. The number of thiazole rings is 1. The van der Waals surface area contributed by atoms with Gasteiger partial charge >= 0.3 is 0 Å². The summed E-state index contributed by atoms with van der Waals surface area (Å²) in [4.78, 5) is 17.9. The quantitative estimate of drug-likeness (QED) is 0.821. The van der Waals surface area contributed by atoms with E-state index in [1.54, 1.807) is 0 Å². The van der Waals surface area contributed by atoms with Crippen molar-refractivity contribution in [2.75, 3.05) is 0 Å². The molecule has 1 aliphatic carbocycles. The van der Waals surface area contributed by atoms with E-state index in [1.807, 2.05) is 28.6 Å². The molecule has 2 aromatic heterocycles. The highest BCUT2D eigenvalue weighted by atomic mass is 32.1. The van der Waals surface area contributed by atoms with Crippen molar-refractivity contribution in [1.82, 2.24) is 4.57 Å². The van der Waals surface area contributed by atoms with Crippen molar-refractivity contribution in [1.29, 1.82) is 0 Å². The minimum absolute atomic E-state index is 0.0973. The van der Waals surface area contributed by atoms with Gasteiger partial charge in [-0.05, 0) is 35.8 Å². The Labute approximate surface area is 107 Å². The summed E-state index contributed by atoms with van der Waals surface area (Å²) < 4.78 is 1.87. The molecular weight excluding hydrogens is 252 g/mol. The number of aryl methyl sites for hydroxylation is 1. The zero-order chi connectivity index (χ0) is 11.8. The van der Waals surface area contributed by atoms with Gasteiger partial charge in [0.25, 0.3) is 5.91 Å². The SMILES string of the molecule is Cn1ccsc1=NC(=O)c1sccc1C1CC1. The van der Waals surface area contributed by atoms with Gasteiger partial charge in [0, 0.05) is 18.6 Å². The van der Waals surface area contributed by atoms with Crippen molar-refractivity contribution in [3.63, 3.8) is 0 Å². The molecule has 0 unspecified atom stereocenters. The minimum Gasteiger partial charge on any atom is -0.327 e. The van der Waals surface area contributed by atoms with Crippen LogP contribution >= 0.6 is 22.7 Å². The van der Waals surface area contributed by atoms with E-state index in [-0.39, 0.29) is 5.91 Å². The number of nitrogens with zero attached hydrogens (tertiary/aromatic N) is 2. The Kier molecular flexibility index (Phi) is 2.72. The summed E-state index contributed by atoms with van der Waals surface area (Å²) in [7, 11) is 1.90. The van der Waals surface area contributed by atoms with E-state index in [4.69, 9.17) is 0 Å². The van der Waals surface area contributed by atoms with E-state index in [2.05, 4.69) is 11.1 Å². The fraction of sp³-hybridized carbons (Fsp3) is 0.333. The van der Waals surface area contributed by atoms with Crippen LogP contribution in [0.2, 0.25) is 0 Å². The highest BCUT2D eigenvalue weighted by molar-refractivity contribution is 7.12. The second kappa shape index (κ2) is 4.23. The molecule has 17 heavy (non-hydrogen) atoms. The van der Waals surface area contributed by atoms with Crippen LogP contribution in [0.25, 0.3) is 0 Å². The van der Waals surface area contributed by atoms with Crippen molar-refractivity contribution >= 4 is 28.6 Å². The molecule has 88 valence electrons. The van der Waals surface area contributed by atoms with E-state index in [1.165, 1.54) is 41.1 Å². The average molecular weight is 264 g/mol. The van der Waals surface area contributed by atoms with Gasteiger partial charge in [0.05, 0.1) is 4.88 Å². The molecular formula is C12H12N2OS2. The molecule has 1 fully saturated rings. The van der Waals surface area contributed by atoms with Crippen molar-refractivity contribution in [2.24, 2.45) is 12.0 Å². The lowest BCUT2D eigenvalue weighted by Gasteiger charge is -1.96. The molecule has 0 saturated heterocycles. The molecule has 0 aliphatic heterocycles. The maximum absolute atomic E-state index is 12.1. The predicted molar refractivity (Wildman–Crippen MR) is 69.5 cm³/mol. The minimum atomic E-state index is -0.0973. The number of amides is 1. The van der Waals surface area contributed by atoms with Crippen LogP contribution in [-0.2, 0) is 7.05 Å². The molecule has 0 N–H and O–H groups in total. The highest BCUT2D eigenvalue weighted by Gasteiger charge is 2.28. The van der Waals surface area contributed by atoms with Gasteiger partial charge in [0.15, 0.2) is 4.80 Å². The Bertz CT molecular complexity index is 616. The summed E-state index contributed by atoms with van der Waals surface area (Å²) in [5.41, 5.74) is 1.20. The van der Waals surface area contributed by atoms with Crippen LogP contribution in [0.3, 0.4) is 0 Å². The summed E-state index contributed by atoms with van der Waals surface area (Å²) in [6, 6.07) is 2.07. The zero-order valence-electron chi connectivity index (χ0n) is 9.42. The Morgan fingerprint density at radius 1 is 1.41 bits per heavy atom. The monoisotopic (exact) mass is 264 g/mol. The number of thiophene rings is 1. The van der Waals surface area contributed by atoms with E-state index < -0.39 is 0 Å². The molecule has 2 heterocycles. The van der Waals surface area contributed by atoms with Gasteiger partial charge in [0.2, 0.25) is 0 Å². The average Bonchev–Trinajstić information content (AvgIpc) is 2.90. The predicted octanol–water partition coefficient (Wildman–Crippen LogP) is 2.77. The van der Waals surface area contributed by atoms with Gasteiger partial charge in [-0.1, -0.05) is 0 Å². The van der Waals surface area contributed by atoms with Gasteiger partial charge in [0.1, 0.15) is 0 Å². The Morgan fingerprint density at radius 3 is 2.88 bits per heavy atom. The molecule has 5 heteroatoms. The molecule has 1 saturated carbocycles. The summed E-state index contributed by atoms with van der Waals surface area (Å²) in [6.45, 7) is 0. The summed E-state index contributed by atoms with van der Waals surface area (Å²) >= 11 is 2.99. The van der Waals surface area contributed by atoms with Crippen molar-refractivity contribution in [3.05, 3.63) is 38.3 Å². The molecule has 0 atom stereocenters. The van der Waals surface area contributed by atoms with Gasteiger partial charge in [-0.3, -0.25) is 4.79 Å². The Morgan fingerprint density at radius 2 is 2.24 bits per heavy atom. The van der Waals surface area contributed by atoms with Crippen LogP contribution < -0.4 is 4.80 Å². The van der Waals surface area contributed by atoms with E-state index in [0.29, 0.717) is 5.92 Å². The lowest BCUT2D eigenvalue weighted by atomic mass is 10.1. The summed E-state index contributed by atoms with van der Waals surface area (Å²) in [6.07, 6.45) is 4.33. The zero-order valence-corrected chi connectivity index (χ0v) is 11.1. The van der Waals surface area contributed by atoms with Crippen molar-refractivity contribution in [2.45, 2.75) is 18.8 Å². The fourth-order valence-corrected chi connectivity index (χ4v) is 3.38. The fourth-order valence-electron chi connectivity index (χ4n) is 1.78. The third-order valence-corrected chi connectivity index (χ3v) is 4.63. The first-order chi connectivity index (χ1) is 8.25. The molecule has 0 aromatic carbocycles. The molecule has 1 amide bonds. The highest BCUT2D eigenvalue weighted by Crippen LogP contribution is 2.43. The first-order valence-electron chi connectivity index (χ1n) is 5.52. The molecule has 1 aliphatic rings. The first kappa shape index (κ1) is 10.9. The summed E-state index contributed by atoms with van der Waals surface area (Å²) in [5.74, 6) is 0.507. The van der Waals surface area contributed by atoms with Gasteiger partial charge < -0.3 is 4.57 Å². The smallest absolute Gasteiger partial charge is 0.290 e. The first-order valence-corrected chi connectivity index (χ1v) is 7.28. The van der Waals surface area contributed by atoms with Crippen molar-refractivity contribution < 1.29 is 4.79 Å². The molecule has 2 aromatic rings. The Balaban J connectivity index is 1.97. The third-order valence-electron chi connectivity index (χ3n) is 2.86. The topological polar surface area (TPSA) is 34.4 Å². The molecule has 0 bridgehead atoms. The van der Waals surface area contributed by atoms with Crippen LogP contribution in [0.1, 0.15) is 34.0 Å². The van der Waals surface area contributed by atoms with Crippen LogP contribution in [0.15, 0.2) is 28.0 Å². The second-order valence-electron chi connectivity index (χ2n) is 4.19. The Hall–Kier alpha value is -1.20. The van der Waals surface area contributed by atoms with Crippen LogP contribution in [-0.4, -0.2) is 10.5 Å². The van der Waals surface area contributed by atoms with Crippen LogP contribution in [0.4, 0.5) is 0 Å². The second-order valence-corrected chi connectivity index (χ2v) is 5.98. The largest absolute Gasteiger partial charge is 0.327 e. The molecule has 3 nitrogen and oxygen atoms in total. The molecule has 3 rings (SSSR count). The lowest BCUT2D eigenvalue weighted by Crippen LogP contribution is -2.12. The van der Waals surface area contributed by atoms with Gasteiger partial charge in [-0.15, -0.1) is 22.7 Å². The molecule has 0 spiro atoms. The van der Waals surface area contributed by atoms with E-state index in [0.717, 1.165) is 9.68 Å². The van der Waals surface area contributed by atoms with Gasteiger partial charge in [-0.25, -0.2) is 0 Å². The van der Waals surface area contributed by atoms with Crippen LogP contribution in [0.5, 0.6) is 0 Å². The molecule has 0 radical (unpaired) electrons. The third kappa shape index (κ3) is 2.12. The normalized spacial score (nSPS) is 16.4. The number of carbonyl (C=O) groups excluding carboxylic acids is 1. The summed E-state index contributed by atoms with van der Waals surface area (Å²) in [5, 5.41) is 3.92. The van der Waals surface area contributed by atoms with Crippen LogP contribution in [0, 0.1) is 0 Å². The van der Waals surface area contributed by atoms with E-state index in [9.17, 15) is 4.79 Å². The number of carbonyl (C=O) groups is 1. The number of aromatic nitrogens is 1. The number of hydrogen-bond donors (Lipinski definition) is 0. The van der Waals surface area contributed by atoms with Crippen molar-refractivity contribution in [3.8, 4) is 0 Å².